The van der Waals surface area contributed by atoms with Gasteiger partial charge >= 0.3 is 5.97 Å². The van der Waals surface area contributed by atoms with E-state index in [-0.39, 0.29) is 18.4 Å². The largest absolute Gasteiger partial charge is 0.481 e. The normalized spacial score (nSPS) is 11.9. The second-order valence-corrected chi connectivity index (χ2v) is 4.90. The standard InChI is InChI=1S/C15H22N2O3/c1-11(5-4-8-15(19)20)17-14(18)9-12-6-2-3-7-13(12)10-16/h2-3,6-7,11H,4-5,8-10,16H2,1H3,(H,17,18)(H,19,20). The van der Waals surface area contributed by atoms with Gasteiger partial charge in [-0.05, 0) is 30.9 Å². The molecule has 0 aliphatic heterocycles. The summed E-state index contributed by atoms with van der Waals surface area (Å²) >= 11 is 0. The molecule has 0 heterocycles. The van der Waals surface area contributed by atoms with E-state index in [1.54, 1.807) is 0 Å². The first kappa shape index (κ1) is 16.2. The highest BCUT2D eigenvalue weighted by Gasteiger charge is 2.10. The Labute approximate surface area is 119 Å². The molecule has 20 heavy (non-hydrogen) atoms. The van der Waals surface area contributed by atoms with Gasteiger partial charge < -0.3 is 16.2 Å². The first-order valence-electron chi connectivity index (χ1n) is 6.81. The molecule has 0 radical (unpaired) electrons. The van der Waals surface area contributed by atoms with Crippen LogP contribution in [0.3, 0.4) is 0 Å². The number of nitrogens with one attached hydrogen (secondary N) is 1. The molecule has 1 amide bonds. The molecule has 0 saturated carbocycles. The average molecular weight is 278 g/mol. The van der Waals surface area contributed by atoms with E-state index in [1.165, 1.54) is 0 Å². The number of hydrogen-bond acceptors (Lipinski definition) is 3. The fourth-order valence-electron chi connectivity index (χ4n) is 2.06. The van der Waals surface area contributed by atoms with E-state index in [4.69, 9.17) is 10.8 Å². The Kier molecular flexibility index (Phi) is 6.73. The highest BCUT2D eigenvalue weighted by atomic mass is 16.4. The van der Waals surface area contributed by atoms with Crippen LogP contribution in [0.5, 0.6) is 0 Å². The van der Waals surface area contributed by atoms with Crippen molar-refractivity contribution in [3.63, 3.8) is 0 Å². The molecule has 0 aromatic heterocycles. The Bertz CT molecular complexity index is 460. The molecular weight excluding hydrogens is 256 g/mol. The average Bonchev–Trinajstić information content (AvgIpc) is 2.38. The molecule has 110 valence electrons. The van der Waals surface area contributed by atoms with Gasteiger partial charge in [-0.1, -0.05) is 24.3 Å². The molecule has 1 rings (SSSR count). The van der Waals surface area contributed by atoms with Gasteiger partial charge in [0.05, 0.1) is 6.42 Å². The third-order valence-corrected chi connectivity index (χ3v) is 3.12. The summed E-state index contributed by atoms with van der Waals surface area (Å²) in [5.41, 5.74) is 7.54. The molecular formula is C15H22N2O3. The Morgan fingerprint density at radius 3 is 2.55 bits per heavy atom. The molecule has 0 aliphatic carbocycles. The van der Waals surface area contributed by atoms with Gasteiger partial charge in [-0.2, -0.15) is 0 Å². The Morgan fingerprint density at radius 1 is 1.30 bits per heavy atom. The van der Waals surface area contributed by atoms with Crippen molar-refractivity contribution < 1.29 is 14.7 Å². The number of carboxylic acids is 1. The minimum Gasteiger partial charge on any atom is -0.481 e. The Morgan fingerprint density at radius 2 is 1.95 bits per heavy atom. The van der Waals surface area contributed by atoms with E-state index in [9.17, 15) is 9.59 Å². The van der Waals surface area contributed by atoms with Crippen LogP contribution in [0.2, 0.25) is 0 Å². The van der Waals surface area contributed by atoms with Crippen LogP contribution in [0.1, 0.15) is 37.3 Å². The lowest BCUT2D eigenvalue weighted by Crippen LogP contribution is -2.34. The van der Waals surface area contributed by atoms with Crippen LogP contribution in [0.15, 0.2) is 24.3 Å². The molecule has 0 fully saturated rings. The highest BCUT2D eigenvalue weighted by Crippen LogP contribution is 2.09. The van der Waals surface area contributed by atoms with Crippen LogP contribution >= 0.6 is 0 Å². The van der Waals surface area contributed by atoms with Crippen LogP contribution in [0.25, 0.3) is 0 Å². The number of benzene rings is 1. The molecule has 5 nitrogen and oxygen atoms in total. The van der Waals surface area contributed by atoms with Crippen molar-refractivity contribution in [3.05, 3.63) is 35.4 Å². The van der Waals surface area contributed by atoms with Crippen molar-refractivity contribution in [1.82, 2.24) is 5.32 Å². The summed E-state index contributed by atoms with van der Waals surface area (Å²) in [5.74, 6) is -0.867. The van der Waals surface area contributed by atoms with Gasteiger partial charge in [-0.15, -0.1) is 0 Å². The van der Waals surface area contributed by atoms with Crippen molar-refractivity contribution in [2.75, 3.05) is 0 Å². The van der Waals surface area contributed by atoms with Crippen molar-refractivity contribution in [3.8, 4) is 0 Å². The molecule has 0 aliphatic rings. The first-order chi connectivity index (χ1) is 9.52. The molecule has 0 spiro atoms. The molecule has 0 bridgehead atoms. The van der Waals surface area contributed by atoms with Crippen LogP contribution < -0.4 is 11.1 Å². The minimum atomic E-state index is -0.805. The van der Waals surface area contributed by atoms with E-state index in [0.717, 1.165) is 11.1 Å². The lowest BCUT2D eigenvalue weighted by molar-refractivity contribution is -0.137. The zero-order valence-electron chi connectivity index (χ0n) is 11.8. The number of carbonyl (C=O) groups excluding carboxylic acids is 1. The van der Waals surface area contributed by atoms with Gasteiger partial charge in [0.15, 0.2) is 0 Å². The van der Waals surface area contributed by atoms with E-state index in [2.05, 4.69) is 5.32 Å². The number of hydrogen-bond donors (Lipinski definition) is 3. The number of nitrogens with two attached hydrogens (primary N) is 1. The van der Waals surface area contributed by atoms with E-state index in [1.807, 2.05) is 31.2 Å². The summed E-state index contributed by atoms with van der Waals surface area (Å²) in [4.78, 5) is 22.3. The molecule has 4 N–H and O–H groups in total. The first-order valence-corrected chi connectivity index (χ1v) is 6.81. The topological polar surface area (TPSA) is 92.4 Å². The number of aliphatic carboxylic acids is 1. The smallest absolute Gasteiger partial charge is 0.303 e. The second-order valence-electron chi connectivity index (χ2n) is 4.90. The summed E-state index contributed by atoms with van der Waals surface area (Å²) in [6.45, 7) is 2.30. The van der Waals surface area contributed by atoms with Crippen LogP contribution in [0, 0.1) is 0 Å². The second kappa shape index (κ2) is 8.32. The maximum Gasteiger partial charge on any atom is 0.303 e. The molecule has 1 atom stereocenters. The van der Waals surface area contributed by atoms with E-state index in [0.29, 0.717) is 25.8 Å². The van der Waals surface area contributed by atoms with Crippen molar-refractivity contribution in [1.29, 1.82) is 0 Å². The van der Waals surface area contributed by atoms with Crippen molar-refractivity contribution in [2.24, 2.45) is 5.73 Å². The quantitative estimate of drug-likeness (QED) is 0.671. The molecule has 5 heteroatoms. The van der Waals surface area contributed by atoms with Crippen molar-refractivity contribution >= 4 is 11.9 Å². The molecule has 1 aromatic carbocycles. The zero-order chi connectivity index (χ0) is 15.0. The summed E-state index contributed by atoms with van der Waals surface area (Å²) in [6, 6.07) is 7.58. The predicted octanol–water partition coefficient (Wildman–Crippen LogP) is 1.45. The van der Waals surface area contributed by atoms with Gasteiger partial charge in [-0.25, -0.2) is 0 Å². The molecule has 0 saturated heterocycles. The SMILES string of the molecule is CC(CCCC(=O)O)NC(=O)Cc1ccccc1CN. The lowest BCUT2D eigenvalue weighted by Gasteiger charge is -2.14. The van der Waals surface area contributed by atoms with Crippen LogP contribution in [-0.4, -0.2) is 23.0 Å². The fourth-order valence-corrected chi connectivity index (χ4v) is 2.06. The van der Waals surface area contributed by atoms with Crippen molar-refractivity contribution in [2.45, 2.75) is 45.2 Å². The Hall–Kier alpha value is -1.88. The van der Waals surface area contributed by atoms with E-state index < -0.39 is 5.97 Å². The summed E-state index contributed by atoms with van der Waals surface area (Å²) in [7, 11) is 0. The predicted molar refractivity (Wildman–Crippen MR) is 77.1 cm³/mol. The maximum absolute atomic E-state index is 11.9. The lowest BCUT2D eigenvalue weighted by atomic mass is 10.0. The number of carboxylic acid groups (broad SMARTS) is 1. The van der Waals surface area contributed by atoms with Gasteiger partial charge in [0.25, 0.3) is 0 Å². The van der Waals surface area contributed by atoms with Gasteiger partial charge in [-0.3, -0.25) is 9.59 Å². The maximum atomic E-state index is 11.9. The van der Waals surface area contributed by atoms with Gasteiger partial charge in [0.1, 0.15) is 0 Å². The summed E-state index contributed by atoms with van der Waals surface area (Å²) in [5, 5.41) is 11.4. The number of rotatable bonds is 8. The highest BCUT2D eigenvalue weighted by molar-refractivity contribution is 5.79. The molecule has 1 aromatic rings. The third kappa shape index (κ3) is 5.84. The van der Waals surface area contributed by atoms with Crippen LogP contribution in [-0.2, 0) is 22.6 Å². The Balaban J connectivity index is 2.41. The fraction of sp³-hybridized carbons (Fsp3) is 0.467. The number of carbonyl (C=O) groups is 2. The molecule has 1 unspecified atom stereocenters. The van der Waals surface area contributed by atoms with E-state index >= 15 is 0 Å². The minimum absolute atomic E-state index is 0.0214. The van der Waals surface area contributed by atoms with Gasteiger partial charge in [0.2, 0.25) is 5.91 Å². The summed E-state index contributed by atoms with van der Waals surface area (Å²) < 4.78 is 0. The third-order valence-electron chi connectivity index (χ3n) is 3.12. The van der Waals surface area contributed by atoms with Gasteiger partial charge in [0, 0.05) is 19.0 Å². The monoisotopic (exact) mass is 278 g/mol. The number of amides is 1. The summed E-state index contributed by atoms with van der Waals surface area (Å²) in [6.07, 6.45) is 1.67. The van der Waals surface area contributed by atoms with Crippen LogP contribution in [0.4, 0.5) is 0 Å². The zero-order valence-corrected chi connectivity index (χ0v) is 11.8.